The van der Waals surface area contributed by atoms with E-state index in [4.69, 9.17) is 0 Å². The number of Topliss-reactive ketones (excluding diaryl/α,β-unsaturated/α-hetero) is 1. The van der Waals surface area contributed by atoms with Crippen LogP contribution in [0.15, 0.2) is 0 Å². The third-order valence-electron chi connectivity index (χ3n) is 4.10. The topological polar surface area (TPSA) is 17.1 Å². The van der Waals surface area contributed by atoms with Gasteiger partial charge in [0.25, 0.3) is 0 Å². The first kappa shape index (κ1) is 8.76. The van der Waals surface area contributed by atoms with E-state index in [2.05, 4.69) is 27.7 Å². The Labute approximate surface area is 69.2 Å². The van der Waals surface area contributed by atoms with Crippen LogP contribution >= 0.6 is 0 Å². The zero-order valence-electron chi connectivity index (χ0n) is 8.19. The van der Waals surface area contributed by atoms with Gasteiger partial charge in [-0.3, -0.25) is 4.79 Å². The standard InChI is InChI=1S/C10H18O/c1-6-8(11)10(5)7(2)9(10,3)4/h7H,6H2,1-5H3. The predicted octanol–water partition coefficient (Wildman–Crippen LogP) is 2.65. The van der Waals surface area contributed by atoms with Gasteiger partial charge in [-0.2, -0.15) is 0 Å². The minimum absolute atomic E-state index is 0.0260. The first-order valence-corrected chi connectivity index (χ1v) is 4.42. The van der Waals surface area contributed by atoms with Crippen molar-refractivity contribution in [2.45, 2.75) is 41.0 Å². The predicted molar refractivity (Wildman–Crippen MR) is 46.4 cm³/mol. The van der Waals surface area contributed by atoms with Crippen LogP contribution in [0.2, 0.25) is 0 Å². The molecule has 1 heteroatoms. The molecule has 1 rings (SSSR count). The first-order valence-electron chi connectivity index (χ1n) is 4.42. The number of hydrogen-bond acceptors (Lipinski definition) is 1. The van der Waals surface area contributed by atoms with E-state index in [0.717, 1.165) is 0 Å². The van der Waals surface area contributed by atoms with Crippen LogP contribution in [-0.4, -0.2) is 5.78 Å². The van der Waals surface area contributed by atoms with Crippen LogP contribution in [0.4, 0.5) is 0 Å². The van der Waals surface area contributed by atoms with Gasteiger partial charge in [0.05, 0.1) is 0 Å². The van der Waals surface area contributed by atoms with Crippen LogP contribution in [0.25, 0.3) is 0 Å². The molecule has 1 aliphatic rings. The van der Waals surface area contributed by atoms with Crippen molar-refractivity contribution in [2.24, 2.45) is 16.7 Å². The fourth-order valence-corrected chi connectivity index (χ4v) is 2.24. The molecule has 2 unspecified atom stereocenters. The summed E-state index contributed by atoms with van der Waals surface area (Å²) in [7, 11) is 0. The maximum atomic E-state index is 11.5. The van der Waals surface area contributed by atoms with Crippen molar-refractivity contribution >= 4 is 5.78 Å². The molecule has 0 aromatic carbocycles. The van der Waals surface area contributed by atoms with Crippen molar-refractivity contribution in [3.05, 3.63) is 0 Å². The summed E-state index contributed by atoms with van der Waals surface area (Å²) in [5.41, 5.74) is 0.210. The van der Waals surface area contributed by atoms with Crippen molar-refractivity contribution in [2.75, 3.05) is 0 Å². The normalized spacial score (nSPS) is 40.3. The van der Waals surface area contributed by atoms with E-state index >= 15 is 0 Å². The van der Waals surface area contributed by atoms with E-state index < -0.39 is 0 Å². The minimum atomic E-state index is -0.0260. The fraction of sp³-hybridized carbons (Fsp3) is 0.900. The summed E-state index contributed by atoms with van der Waals surface area (Å²) in [6, 6.07) is 0. The smallest absolute Gasteiger partial charge is 0.139 e. The molecular weight excluding hydrogens is 136 g/mol. The highest BCUT2D eigenvalue weighted by molar-refractivity contribution is 5.88. The van der Waals surface area contributed by atoms with Crippen molar-refractivity contribution in [3.8, 4) is 0 Å². The summed E-state index contributed by atoms with van der Waals surface area (Å²) in [5.74, 6) is 0.984. The van der Waals surface area contributed by atoms with Gasteiger partial charge < -0.3 is 0 Å². The Bertz CT molecular complexity index is 193. The second-order valence-corrected chi connectivity index (χ2v) is 4.42. The van der Waals surface area contributed by atoms with Crippen molar-refractivity contribution < 1.29 is 4.79 Å². The van der Waals surface area contributed by atoms with E-state index in [1.165, 1.54) is 0 Å². The monoisotopic (exact) mass is 154 g/mol. The molecule has 1 aliphatic carbocycles. The summed E-state index contributed by atoms with van der Waals surface area (Å²) < 4.78 is 0. The largest absolute Gasteiger partial charge is 0.299 e. The van der Waals surface area contributed by atoms with Gasteiger partial charge in [0, 0.05) is 11.8 Å². The zero-order valence-corrected chi connectivity index (χ0v) is 8.19. The molecule has 0 bridgehead atoms. The van der Waals surface area contributed by atoms with Crippen LogP contribution < -0.4 is 0 Å². The van der Waals surface area contributed by atoms with E-state index in [9.17, 15) is 4.79 Å². The lowest BCUT2D eigenvalue weighted by molar-refractivity contribution is -0.124. The SMILES string of the molecule is CCC(=O)C1(C)C(C)C1(C)C. The van der Waals surface area contributed by atoms with Gasteiger partial charge in [-0.05, 0) is 11.3 Å². The fourth-order valence-electron chi connectivity index (χ4n) is 2.24. The Balaban J connectivity index is 2.82. The second kappa shape index (κ2) is 2.09. The van der Waals surface area contributed by atoms with Gasteiger partial charge in [-0.15, -0.1) is 0 Å². The summed E-state index contributed by atoms with van der Waals surface area (Å²) in [6.07, 6.45) is 0.685. The Morgan fingerprint density at radius 1 is 1.36 bits per heavy atom. The molecule has 64 valence electrons. The third-order valence-corrected chi connectivity index (χ3v) is 4.10. The third kappa shape index (κ3) is 0.800. The minimum Gasteiger partial charge on any atom is -0.299 e. The van der Waals surface area contributed by atoms with E-state index in [1.54, 1.807) is 0 Å². The van der Waals surface area contributed by atoms with Crippen molar-refractivity contribution in [1.82, 2.24) is 0 Å². The Kier molecular flexibility index (Phi) is 1.66. The highest BCUT2D eigenvalue weighted by Gasteiger charge is 2.68. The molecule has 1 fully saturated rings. The van der Waals surface area contributed by atoms with Crippen LogP contribution in [0.3, 0.4) is 0 Å². The summed E-state index contributed by atoms with van der Waals surface area (Å²) in [4.78, 5) is 11.5. The maximum absolute atomic E-state index is 11.5. The summed E-state index contributed by atoms with van der Waals surface area (Å²) >= 11 is 0. The van der Waals surface area contributed by atoms with Crippen LogP contribution in [0.1, 0.15) is 41.0 Å². The first-order chi connectivity index (χ1) is 4.89. The molecular formula is C10H18O. The molecule has 0 aromatic heterocycles. The maximum Gasteiger partial charge on any atom is 0.139 e. The molecule has 2 atom stereocenters. The molecule has 0 amide bonds. The van der Waals surface area contributed by atoms with Crippen LogP contribution in [-0.2, 0) is 4.79 Å². The molecule has 0 aromatic rings. The van der Waals surface area contributed by atoms with Gasteiger partial charge >= 0.3 is 0 Å². The Hall–Kier alpha value is -0.330. The van der Waals surface area contributed by atoms with Gasteiger partial charge in [-0.1, -0.05) is 34.6 Å². The lowest BCUT2D eigenvalue weighted by atomic mass is 9.92. The molecule has 0 saturated heterocycles. The molecule has 11 heavy (non-hydrogen) atoms. The average Bonchev–Trinajstić information content (AvgIpc) is 2.34. The molecule has 0 spiro atoms. The quantitative estimate of drug-likeness (QED) is 0.597. The number of ketones is 1. The lowest BCUT2D eigenvalue weighted by Crippen LogP contribution is -2.16. The van der Waals surface area contributed by atoms with Crippen LogP contribution in [0.5, 0.6) is 0 Å². The second-order valence-electron chi connectivity index (χ2n) is 4.42. The highest BCUT2D eigenvalue weighted by Crippen LogP contribution is 2.69. The van der Waals surface area contributed by atoms with Gasteiger partial charge in [-0.25, -0.2) is 0 Å². The molecule has 1 nitrogen and oxygen atoms in total. The van der Waals surface area contributed by atoms with Crippen molar-refractivity contribution in [3.63, 3.8) is 0 Å². The number of hydrogen-bond donors (Lipinski definition) is 0. The average molecular weight is 154 g/mol. The van der Waals surface area contributed by atoms with E-state index in [0.29, 0.717) is 18.1 Å². The van der Waals surface area contributed by atoms with E-state index in [-0.39, 0.29) is 10.8 Å². The lowest BCUT2D eigenvalue weighted by Gasteiger charge is -2.11. The molecule has 0 aliphatic heterocycles. The van der Waals surface area contributed by atoms with Gasteiger partial charge in [0.1, 0.15) is 5.78 Å². The molecule has 0 radical (unpaired) electrons. The van der Waals surface area contributed by atoms with Crippen LogP contribution in [0, 0.1) is 16.7 Å². The number of carbonyl (C=O) groups excluding carboxylic acids is 1. The van der Waals surface area contributed by atoms with Gasteiger partial charge in [0.15, 0.2) is 0 Å². The Morgan fingerprint density at radius 2 is 1.73 bits per heavy atom. The van der Waals surface area contributed by atoms with Crippen molar-refractivity contribution in [1.29, 1.82) is 0 Å². The molecule has 1 saturated carbocycles. The van der Waals surface area contributed by atoms with Gasteiger partial charge in [0.2, 0.25) is 0 Å². The molecule has 0 heterocycles. The zero-order chi connectivity index (χ0) is 8.86. The number of rotatable bonds is 2. The summed E-state index contributed by atoms with van der Waals surface area (Å²) in [6.45, 7) is 10.6. The molecule has 0 N–H and O–H groups in total. The number of carbonyl (C=O) groups is 1. The highest BCUT2D eigenvalue weighted by atomic mass is 16.1. The van der Waals surface area contributed by atoms with E-state index in [1.807, 2.05) is 6.92 Å². The summed E-state index contributed by atoms with van der Waals surface area (Å²) in [5, 5.41) is 0. The Morgan fingerprint density at radius 3 is 1.82 bits per heavy atom.